The lowest BCUT2D eigenvalue weighted by molar-refractivity contribution is -0.107. The van der Waals surface area contributed by atoms with E-state index in [1.54, 1.807) is 20.8 Å². The van der Waals surface area contributed by atoms with Crippen LogP contribution in [-0.2, 0) is 19.6 Å². The van der Waals surface area contributed by atoms with Gasteiger partial charge in [-0.3, -0.25) is 4.79 Å². The van der Waals surface area contributed by atoms with Gasteiger partial charge in [-0.1, -0.05) is 11.8 Å². The van der Waals surface area contributed by atoms with E-state index in [2.05, 4.69) is 10.5 Å². The molecule has 1 unspecified atom stereocenters. The zero-order chi connectivity index (χ0) is 17.0. The molecule has 1 N–H and O–H groups in total. The van der Waals surface area contributed by atoms with Crippen molar-refractivity contribution >= 4 is 22.6 Å². The Bertz CT molecular complexity index is 690. The summed E-state index contributed by atoms with van der Waals surface area (Å²) in [6.45, 7) is 4.97. The molecule has 0 aromatic heterocycles. The molecule has 5 nitrogen and oxygen atoms in total. The van der Waals surface area contributed by atoms with E-state index < -0.39 is 26.6 Å². The Morgan fingerprint density at radius 2 is 1.95 bits per heavy atom. The number of hydrogen-bond acceptors (Lipinski definition) is 4. The number of aldehydes is 2. The number of sulfonamides is 1. The van der Waals surface area contributed by atoms with Gasteiger partial charge < -0.3 is 4.79 Å². The van der Waals surface area contributed by atoms with E-state index in [0.717, 1.165) is 6.08 Å². The molecule has 1 aliphatic rings. The predicted molar refractivity (Wildman–Crippen MR) is 81.2 cm³/mol. The van der Waals surface area contributed by atoms with Gasteiger partial charge in [-0.15, -0.1) is 0 Å². The number of allylic oxidation sites excluding steroid dienone is 4. The van der Waals surface area contributed by atoms with Gasteiger partial charge in [0.15, 0.2) is 5.83 Å². The SMILES string of the molecule is CC(C)(C)NS(=O)(=O)C(CC=O)C1=C=C(F)C=C(C=O)C=C1. The summed E-state index contributed by atoms with van der Waals surface area (Å²) in [6, 6.07) is 0. The maximum Gasteiger partial charge on any atom is 0.220 e. The smallest absolute Gasteiger partial charge is 0.220 e. The maximum absolute atomic E-state index is 13.7. The fourth-order valence-electron chi connectivity index (χ4n) is 1.86. The summed E-state index contributed by atoms with van der Waals surface area (Å²) in [5.74, 6) is -0.871. The Labute approximate surface area is 129 Å². The van der Waals surface area contributed by atoms with Crippen LogP contribution >= 0.6 is 0 Å². The summed E-state index contributed by atoms with van der Waals surface area (Å²) >= 11 is 0. The van der Waals surface area contributed by atoms with Crippen LogP contribution in [0.4, 0.5) is 4.39 Å². The standard InChI is InChI=1S/C15H18FNO4S/c1-15(2,3)17-22(20,21)14(6-7-18)12-5-4-11(10-19)8-13(16)9-12/h4-5,7-8,10,14,17H,6H2,1-3H3. The van der Waals surface area contributed by atoms with Gasteiger partial charge in [-0.05, 0) is 32.9 Å². The highest BCUT2D eigenvalue weighted by Crippen LogP contribution is 2.21. The number of carbonyl (C=O) groups is 2. The van der Waals surface area contributed by atoms with Gasteiger partial charge in [0.2, 0.25) is 10.0 Å². The monoisotopic (exact) mass is 327 g/mol. The molecule has 0 heterocycles. The van der Waals surface area contributed by atoms with Gasteiger partial charge in [-0.2, -0.15) is 4.39 Å². The van der Waals surface area contributed by atoms with Gasteiger partial charge in [0.25, 0.3) is 0 Å². The molecule has 0 aromatic rings. The maximum atomic E-state index is 13.7. The first-order valence-electron chi connectivity index (χ1n) is 6.57. The van der Waals surface area contributed by atoms with E-state index >= 15 is 0 Å². The molecule has 0 amide bonds. The van der Waals surface area contributed by atoms with Crippen molar-refractivity contribution in [1.29, 1.82) is 0 Å². The molecule has 0 saturated heterocycles. The Morgan fingerprint density at radius 3 is 2.45 bits per heavy atom. The average molecular weight is 327 g/mol. The quantitative estimate of drug-likeness (QED) is 0.595. The second kappa shape index (κ2) is 6.96. The predicted octanol–water partition coefficient (Wildman–Crippen LogP) is 1.74. The molecule has 0 saturated carbocycles. The van der Waals surface area contributed by atoms with E-state index in [1.165, 1.54) is 12.2 Å². The van der Waals surface area contributed by atoms with Gasteiger partial charge in [0.1, 0.15) is 17.8 Å². The van der Waals surface area contributed by atoms with Crippen molar-refractivity contribution < 1.29 is 22.4 Å². The highest BCUT2D eigenvalue weighted by molar-refractivity contribution is 7.90. The lowest BCUT2D eigenvalue weighted by atomic mass is 10.1. The Morgan fingerprint density at radius 1 is 1.32 bits per heavy atom. The van der Waals surface area contributed by atoms with Crippen molar-refractivity contribution in [3.63, 3.8) is 0 Å². The van der Waals surface area contributed by atoms with Crippen LogP contribution in [0.2, 0.25) is 0 Å². The minimum Gasteiger partial charge on any atom is -0.303 e. The fourth-order valence-corrected chi connectivity index (χ4v) is 3.66. The molecule has 120 valence electrons. The van der Waals surface area contributed by atoms with Gasteiger partial charge in [0.05, 0.1) is 0 Å². The van der Waals surface area contributed by atoms with Crippen molar-refractivity contribution in [3.05, 3.63) is 40.9 Å². The van der Waals surface area contributed by atoms with Crippen molar-refractivity contribution in [1.82, 2.24) is 4.72 Å². The highest BCUT2D eigenvalue weighted by Gasteiger charge is 2.31. The average Bonchev–Trinajstić information content (AvgIpc) is 2.54. The second-order valence-corrected chi connectivity index (χ2v) is 7.68. The summed E-state index contributed by atoms with van der Waals surface area (Å²) in [5, 5.41) is -1.29. The van der Waals surface area contributed by atoms with Crippen molar-refractivity contribution in [3.8, 4) is 0 Å². The summed E-state index contributed by atoms with van der Waals surface area (Å²) in [4.78, 5) is 21.6. The molecule has 0 fully saturated rings. The van der Waals surface area contributed by atoms with E-state index in [4.69, 9.17) is 0 Å². The third-order valence-electron chi connectivity index (χ3n) is 2.63. The number of hydrogen-bond donors (Lipinski definition) is 1. The molecule has 0 aromatic carbocycles. The first-order chi connectivity index (χ1) is 10.1. The fraction of sp³-hybridized carbons (Fsp3) is 0.400. The van der Waals surface area contributed by atoms with Crippen LogP contribution in [0.15, 0.2) is 40.9 Å². The van der Waals surface area contributed by atoms with Gasteiger partial charge in [-0.25, -0.2) is 13.1 Å². The molecule has 1 aliphatic carbocycles. The third-order valence-corrected chi connectivity index (χ3v) is 4.72. The zero-order valence-corrected chi connectivity index (χ0v) is 13.4. The van der Waals surface area contributed by atoms with Crippen LogP contribution in [0.1, 0.15) is 27.2 Å². The van der Waals surface area contributed by atoms with Crippen molar-refractivity contribution in [2.75, 3.05) is 0 Å². The molecule has 22 heavy (non-hydrogen) atoms. The summed E-state index contributed by atoms with van der Waals surface area (Å²) < 4.78 is 40.9. The van der Waals surface area contributed by atoms with E-state index in [1.807, 2.05) is 0 Å². The summed E-state index contributed by atoms with van der Waals surface area (Å²) in [5.41, 5.74) is 1.57. The molecule has 1 atom stereocenters. The molecule has 7 heteroatoms. The minimum absolute atomic E-state index is 0.0190. The Balaban J connectivity index is 3.31. The van der Waals surface area contributed by atoms with E-state index in [0.29, 0.717) is 12.6 Å². The van der Waals surface area contributed by atoms with Crippen LogP contribution in [-0.4, -0.2) is 31.8 Å². The highest BCUT2D eigenvalue weighted by atomic mass is 32.2. The molecule has 0 bridgehead atoms. The Kier molecular flexibility index (Phi) is 5.77. The minimum atomic E-state index is -3.93. The molecule has 0 aliphatic heterocycles. The molecule has 0 radical (unpaired) electrons. The van der Waals surface area contributed by atoms with Gasteiger partial charge >= 0.3 is 0 Å². The lowest BCUT2D eigenvalue weighted by Crippen LogP contribution is -2.46. The largest absolute Gasteiger partial charge is 0.303 e. The third kappa shape index (κ3) is 5.18. The van der Waals surface area contributed by atoms with E-state index in [9.17, 15) is 22.4 Å². The van der Waals surface area contributed by atoms with Crippen LogP contribution in [0.25, 0.3) is 0 Å². The summed E-state index contributed by atoms with van der Waals surface area (Å²) in [6.07, 6.45) is 4.05. The van der Waals surface area contributed by atoms with Crippen LogP contribution < -0.4 is 4.72 Å². The lowest BCUT2D eigenvalue weighted by Gasteiger charge is -2.24. The number of halogens is 1. The summed E-state index contributed by atoms with van der Waals surface area (Å²) in [7, 11) is -3.93. The first kappa shape index (κ1) is 18.2. The van der Waals surface area contributed by atoms with Crippen LogP contribution in [0, 0.1) is 0 Å². The zero-order valence-electron chi connectivity index (χ0n) is 12.6. The normalized spacial score (nSPS) is 17.0. The van der Waals surface area contributed by atoms with Crippen molar-refractivity contribution in [2.24, 2.45) is 0 Å². The topological polar surface area (TPSA) is 80.3 Å². The number of nitrogens with one attached hydrogen (secondary N) is 1. The van der Waals surface area contributed by atoms with Crippen LogP contribution in [0.5, 0.6) is 0 Å². The Hall–Kier alpha value is -1.82. The van der Waals surface area contributed by atoms with Crippen molar-refractivity contribution in [2.45, 2.75) is 38.0 Å². The second-order valence-electron chi connectivity index (χ2n) is 5.81. The molecular weight excluding hydrogens is 309 g/mol. The van der Waals surface area contributed by atoms with Crippen LogP contribution in [0.3, 0.4) is 0 Å². The number of rotatable bonds is 6. The van der Waals surface area contributed by atoms with Gasteiger partial charge in [0, 0.05) is 23.1 Å². The number of carbonyl (C=O) groups excluding carboxylic acids is 2. The molecular formula is C15H18FNO4S. The first-order valence-corrected chi connectivity index (χ1v) is 8.11. The molecule has 0 spiro atoms. The van der Waals surface area contributed by atoms with E-state index in [-0.39, 0.29) is 17.6 Å². The molecule has 1 rings (SSSR count).